The Morgan fingerprint density at radius 3 is 2.18 bits per heavy atom. The van der Waals surface area contributed by atoms with E-state index >= 15 is 0 Å². The first-order valence-electron chi connectivity index (χ1n) is 2.88. The summed E-state index contributed by atoms with van der Waals surface area (Å²) >= 11 is 0. The van der Waals surface area contributed by atoms with E-state index in [0.29, 0.717) is 0 Å². The van der Waals surface area contributed by atoms with Crippen molar-refractivity contribution in [2.45, 2.75) is 0 Å². The molecular weight excluding hydrogens is 150 g/mol. The van der Waals surface area contributed by atoms with Crippen molar-refractivity contribution in [3.8, 4) is 6.07 Å². The molecule has 5 heteroatoms. The number of methoxy groups -OCH3 is 1. The molecule has 0 atom stereocenters. The minimum Gasteiger partial charge on any atom is -0.468 e. The van der Waals surface area contributed by atoms with Crippen LogP contribution in [-0.2, 0) is 9.53 Å². The topological polar surface area (TPSA) is 90.6 Å². The number of aliphatic hydroxyl groups is 2. The maximum Gasteiger partial charge on any atom is 0.331 e. The summed E-state index contributed by atoms with van der Waals surface area (Å²) in [5, 5.41) is 25.6. The average molecular weight is 159 g/mol. The molecule has 0 saturated carbocycles. The molecule has 0 unspecified atom stereocenters. The van der Waals surface area contributed by atoms with E-state index in [1.165, 1.54) is 6.07 Å². The number of esters is 1. The van der Waals surface area contributed by atoms with Gasteiger partial charge in [0.1, 0.15) is 0 Å². The third-order valence-electron chi connectivity index (χ3n) is 1.33. The second-order valence-electron chi connectivity index (χ2n) is 2.00. The van der Waals surface area contributed by atoms with Crippen LogP contribution in [0.5, 0.6) is 0 Å². The van der Waals surface area contributed by atoms with Gasteiger partial charge in [0.05, 0.1) is 26.4 Å². The summed E-state index contributed by atoms with van der Waals surface area (Å²) in [6, 6.07) is 1.49. The molecule has 2 N–H and O–H groups in total. The molecule has 5 nitrogen and oxygen atoms in total. The first kappa shape index (κ1) is 9.88. The number of ether oxygens (including phenoxy) is 1. The van der Waals surface area contributed by atoms with Gasteiger partial charge in [-0.1, -0.05) is 0 Å². The Morgan fingerprint density at radius 2 is 2.09 bits per heavy atom. The van der Waals surface area contributed by atoms with Gasteiger partial charge in [-0.15, -0.1) is 0 Å². The van der Waals surface area contributed by atoms with E-state index in [-0.39, 0.29) is 0 Å². The maximum absolute atomic E-state index is 10.8. The molecule has 0 radical (unpaired) electrons. The number of nitriles is 1. The number of rotatable bonds is 3. The molecule has 0 saturated heterocycles. The zero-order chi connectivity index (χ0) is 8.91. The standard InChI is InChI=1S/C6H9NO4/c1-11-5(10)6(2-7,3-8)4-9/h8-9H,3-4H2,1H3. The molecule has 0 aliphatic heterocycles. The van der Waals surface area contributed by atoms with Crippen molar-refractivity contribution >= 4 is 5.97 Å². The number of carbonyl (C=O) groups is 1. The second-order valence-corrected chi connectivity index (χ2v) is 2.00. The Morgan fingerprint density at radius 1 is 1.64 bits per heavy atom. The van der Waals surface area contributed by atoms with Crippen LogP contribution in [0.25, 0.3) is 0 Å². The number of aliphatic hydroxyl groups excluding tert-OH is 2. The van der Waals surface area contributed by atoms with Crippen molar-refractivity contribution in [1.82, 2.24) is 0 Å². The Hall–Kier alpha value is -1.12. The van der Waals surface area contributed by atoms with E-state index in [0.717, 1.165) is 7.11 Å². The maximum atomic E-state index is 10.8. The van der Waals surface area contributed by atoms with Gasteiger partial charge < -0.3 is 14.9 Å². The summed E-state index contributed by atoms with van der Waals surface area (Å²) in [4.78, 5) is 10.8. The lowest BCUT2D eigenvalue weighted by atomic mass is 9.93. The minimum atomic E-state index is -1.81. The predicted octanol–water partition coefficient (Wildman–Crippen LogP) is -1.35. The van der Waals surface area contributed by atoms with Gasteiger partial charge in [0.2, 0.25) is 0 Å². The fraction of sp³-hybridized carbons (Fsp3) is 0.667. The van der Waals surface area contributed by atoms with Crippen LogP contribution < -0.4 is 0 Å². The molecule has 0 rings (SSSR count). The molecule has 62 valence electrons. The number of hydrogen-bond donors (Lipinski definition) is 2. The number of nitrogens with zero attached hydrogens (tertiary/aromatic N) is 1. The highest BCUT2D eigenvalue weighted by Gasteiger charge is 2.39. The normalized spacial score (nSPS) is 10.4. The molecule has 0 aromatic carbocycles. The van der Waals surface area contributed by atoms with Gasteiger partial charge in [0.25, 0.3) is 0 Å². The van der Waals surface area contributed by atoms with E-state index in [1.807, 2.05) is 0 Å². The smallest absolute Gasteiger partial charge is 0.331 e. The lowest BCUT2D eigenvalue weighted by Gasteiger charge is -2.17. The largest absolute Gasteiger partial charge is 0.468 e. The zero-order valence-corrected chi connectivity index (χ0v) is 6.07. The second kappa shape index (κ2) is 3.91. The van der Waals surface area contributed by atoms with Crippen LogP contribution in [0.3, 0.4) is 0 Å². The lowest BCUT2D eigenvalue weighted by Crippen LogP contribution is -2.38. The van der Waals surface area contributed by atoms with Crippen molar-refractivity contribution in [2.24, 2.45) is 5.41 Å². The zero-order valence-electron chi connectivity index (χ0n) is 6.07. The van der Waals surface area contributed by atoms with E-state index in [9.17, 15) is 4.79 Å². The average Bonchev–Trinajstić information content (AvgIpc) is 2.08. The van der Waals surface area contributed by atoms with Gasteiger partial charge in [-0.05, 0) is 0 Å². The Balaban J connectivity index is 4.57. The molecule has 0 amide bonds. The minimum absolute atomic E-state index is 0.743. The molecule has 0 bridgehead atoms. The van der Waals surface area contributed by atoms with E-state index < -0.39 is 24.6 Å². The number of hydrogen-bond acceptors (Lipinski definition) is 5. The van der Waals surface area contributed by atoms with Crippen LogP contribution in [-0.4, -0.2) is 36.5 Å². The van der Waals surface area contributed by atoms with Crippen LogP contribution in [0.1, 0.15) is 0 Å². The van der Waals surface area contributed by atoms with E-state index in [1.54, 1.807) is 0 Å². The van der Waals surface area contributed by atoms with Crippen LogP contribution in [0, 0.1) is 16.7 Å². The fourth-order valence-corrected chi connectivity index (χ4v) is 0.491. The van der Waals surface area contributed by atoms with Crippen molar-refractivity contribution in [3.63, 3.8) is 0 Å². The highest BCUT2D eigenvalue weighted by Crippen LogP contribution is 2.15. The summed E-state index contributed by atoms with van der Waals surface area (Å²) in [6.07, 6.45) is 0. The first-order valence-corrected chi connectivity index (χ1v) is 2.88. The summed E-state index contributed by atoms with van der Waals surface area (Å²) in [6.45, 7) is -1.49. The first-order chi connectivity index (χ1) is 5.16. The van der Waals surface area contributed by atoms with Crippen molar-refractivity contribution in [2.75, 3.05) is 20.3 Å². The van der Waals surface area contributed by atoms with Crippen LogP contribution in [0.15, 0.2) is 0 Å². The molecule has 0 aliphatic carbocycles. The van der Waals surface area contributed by atoms with E-state index in [4.69, 9.17) is 15.5 Å². The molecule has 0 aromatic rings. The van der Waals surface area contributed by atoms with Crippen LogP contribution >= 0.6 is 0 Å². The molecule has 0 aliphatic rings. The summed E-state index contributed by atoms with van der Waals surface area (Å²) in [5.41, 5.74) is -1.81. The lowest BCUT2D eigenvalue weighted by molar-refractivity contribution is -0.153. The third kappa shape index (κ3) is 1.67. The SMILES string of the molecule is COC(=O)C(C#N)(CO)CO. The van der Waals surface area contributed by atoms with Gasteiger partial charge in [0.15, 0.2) is 5.41 Å². The van der Waals surface area contributed by atoms with Crippen LogP contribution in [0.2, 0.25) is 0 Å². The summed E-state index contributed by atoms with van der Waals surface area (Å²) < 4.78 is 4.21. The van der Waals surface area contributed by atoms with Crippen molar-refractivity contribution in [1.29, 1.82) is 5.26 Å². The van der Waals surface area contributed by atoms with Crippen LogP contribution in [0.4, 0.5) is 0 Å². The molecule has 11 heavy (non-hydrogen) atoms. The predicted molar refractivity (Wildman–Crippen MR) is 34.2 cm³/mol. The molecule has 0 fully saturated rings. The molecule has 0 spiro atoms. The third-order valence-corrected chi connectivity index (χ3v) is 1.33. The van der Waals surface area contributed by atoms with Gasteiger partial charge in [-0.2, -0.15) is 5.26 Å². The Kier molecular flexibility index (Phi) is 3.51. The Labute approximate surface area is 63.8 Å². The highest BCUT2D eigenvalue weighted by molar-refractivity contribution is 5.80. The quantitative estimate of drug-likeness (QED) is 0.497. The van der Waals surface area contributed by atoms with Gasteiger partial charge in [0, 0.05) is 0 Å². The number of carbonyl (C=O) groups excluding carboxylic acids is 1. The molecular formula is C6H9NO4. The van der Waals surface area contributed by atoms with Crippen molar-refractivity contribution < 1.29 is 19.7 Å². The summed E-state index contributed by atoms with van der Waals surface area (Å²) in [5.74, 6) is -0.926. The van der Waals surface area contributed by atoms with Gasteiger partial charge in [-0.3, -0.25) is 4.79 Å². The highest BCUT2D eigenvalue weighted by atomic mass is 16.5. The van der Waals surface area contributed by atoms with Crippen molar-refractivity contribution in [3.05, 3.63) is 0 Å². The summed E-state index contributed by atoms with van der Waals surface area (Å²) in [7, 11) is 1.08. The Bertz CT molecular complexity index is 180. The fourth-order valence-electron chi connectivity index (χ4n) is 0.491. The van der Waals surface area contributed by atoms with Gasteiger partial charge in [-0.25, -0.2) is 0 Å². The molecule has 0 aromatic heterocycles. The molecule has 0 heterocycles. The van der Waals surface area contributed by atoms with Gasteiger partial charge >= 0.3 is 5.97 Å². The van der Waals surface area contributed by atoms with E-state index in [2.05, 4.69) is 4.74 Å². The monoisotopic (exact) mass is 159 g/mol.